The monoisotopic (exact) mass is 311 g/mol. The van der Waals surface area contributed by atoms with Gasteiger partial charge in [-0.15, -0.1) is 0 Å². The standard InChI is InChI=1S/C18H17NO4/c1-3-22-18(21)13-8-10-14(11-9-13)19-15-6-4-5-7-16(15)23-12(2)17(19)20/h4-12H,3H2,1-2H3. The van der Waals surface area contributed by atoms with Crippen LogP contribution < -0.4 is 9.64 Å². The molecule has 118 valence electrons. The van der Waals surface area contributed by atoms with E-state index in [1.807, 2.05) is 24.3 Å². The molecule has 5 heteroatoms. The second-order valence-corrected chi connectivity index (χ2v) is 5.17. The van der Waals surface area contributed by atoms with Crippen molar-refractivity contribution >= 4 is 23.3 Å². The summed E-state index contributed by atoms with van der Waals surface area (Å²) >= 11 is 0. The lowest BCUT2D eigenvalue weighted by molar-refractivity contribution is -0.124. The molecule has 0 aromatic heterocycles. The van der Waals surface area contributed by atoms with Crippen molar-refractivity contribution in [3.63, 3.8) is 0 Å². The average molecular weight is 311 g/mol. The Morgan fingerprint density at radius 3 is 2.57 bits per heavy atom. The van der Waals surface area contributed by atoms with Gasteiger partial charge in [0.05, 0.1) is 17.9 Å². The molecule has 0 saturated carbocycles. The van der Waals surface area contributed by atoms with E-state index in [4.69, 9.17) is 9.47 Å². The topological polar surface area (TPSA) is 55.8 Å². The maximum Gasteiger partial charge on any atom is 0.338 e. The van der Waals surface area contributed by atoms with Gasteiger partial charge in [-0.2, -0.15) is 0 Å². The largest absolute Gasteiger partial charge is 0.479 e. The minimum atomic E-state index is -0.561. The predicted molar refractivity (Wildman–Crippen MR) is 86.1 cm³/mol. The Hall–Kier alpha value is -2.82. The number of benzene rings is 2. The number of esters is 1. The van der Waals surface area contributed by atoms with Gasteiger partial charge in [-0.05, 0) is 50.2 Å². The molecule has 2 aromatic rings. The highest BCUT2D eigenvalue weighted by atomic mass is 16.5. The molecule has 0 bridgehead atoms. The molecule has 1 heterocycles. The summed E-state index contributed by atoms with van der Waals surface area (Å²) < 4.78 is 10.6. The highest BCUT2D eigenvalue weighted by molar-refractivity contribution is 6.06. The van der Waals surface area contributed by atoms with Crippen LogP contribution >= 0.6 is 0 Å². The molecule has 0 radical (unpaired) electrons. The van der Waals surface area contributed by atoms with Crippen molar-refractivity contribution < 1.29 is 19.1 Å². The normalized spacial score (nSPS) is 16.5. The molecule has 5 nitrogen and oxygen atoms in total. The van der Waals surface area contributed by atoms with E-state index in [9.17, 15) is 9.59 Å². The smallest absolute Gasteiger partial charge is 0.338 e. The number of para-hydroxylation sites is 2. The molecule has 0 fully saturated rings. The van der Waals surface area contributed by atoms with Gasteiger partial charge in [0.15, 0.2) is 6.10 Å². The number of ether oxygens (including phenoxy) is 2. The molecular formula is C18H17NO4. The van der Waals surface area contributed by atoms with Crippen LogP contribution in [0.1, 0.15) is 24.2 Å². The summed E-state index contributed by atoms with van der Waals surface area (Å²) in [6.45, 7) is 3.81. The molecule has 0 N–H and O–H groups in total. The molecule has 1 atom stereocenters. The van der Waals surface area contributed by atoms with Gasteiger partial charge >= 0.3 is 5.97 Å². The Morgan fingerprint density at radius 1 is 1.17 bits per heavy atom. The third-order valence-electron chi connectivity index (χ3n) is 3.61. The van der Waals surface area contributed by atoms with Gasteiger partial charge in [0.25, 0.3) is 5.91 Å². The fraction of sp³-hybridized carbons (Fsp3) is 0.222. The summed E-state index contributed by atoms with van der Waals surface area (Å²) in [5, 5.41) is 0. The second kappa shape index (κ2) is 6.12. The molecule has 0 saturated heterocycles. The zero-order chi connectivity index (χ0) is 16.4. The van der Waals surface area contributed by atoms with Crippen molar-refractivity contribution in [1.82, 2.24) is 0 Å². The van der Waals surface area contributed by atoms with Gasteiger partial charge in [-0.1, -0.05) is 12.1 Å². The second-order valence-electron chi connectivity index (χ2n) is 5.17. The SMILES string of the molecule is CCOC(=O)c1ccc(N2C(=O)C(C)Oc3ccccc32)cc1. The first-order valence-corrected chi connectivity index (χ1v) is 7.48. The van der Waals surface area contributed by atoms with Crippen LogP contribution in [0.4, 0.5) is 11.4 Å². The van der Waals surface area contributed by atoms with E-state index in [1.54, 1.807) is 43.0 Å². The Kier molecular flexibility index (Phi) is 4.02. The maximum atomic E-state index is 12.5. The van der Waals surface area contributed by atoms with Crippen LogP contribution in [0.15, 0.2) is 48.5 Å². The first kappa shape index (κ1) is 15.1. The molecule has 0 aliphatic carbocycles. The van der Waals surface area contributed by atoms with Crippen molar-refractivity contribution in [1.29, 1.82) is 0 Å². The van der Waals surface area contributed by atoms with Crippen LogP contribution in [0.25, 0.3) is 0 Å². The van der Waals surface area contributed by atoms with Crippen molar-refractivity contribution in [3.8, 4) is 5.75 Å². The van der Waals surface area contributed by atoms with Crippen molar-refractivity contribution in [2.24, 2.45) is 0 Å². The third kappa shape index (κ3) is 2.77. The number of anilines is 2. The van der Waals surface area contributed by atoms with Crippen LogP contribution in [0.3, 0.4) is 0 Å². The number of amides is 1. The quantitative estimate of drug-likeness (QED) is 0.816. The number of nitrogens with zero attached hydrogens (tertiary/aromatic N) is 1. The average Bonchev–Trinajstić information content (AvgIpc) is 2.56. The van der Waals surface area contributed by atoms with Crippen molar-refractivity contribution in [2.45, 2.75) is 20.0 Å². The summed E-state index contributed by atoms with van der Waals surface area (Å²) in [7, 11) is 0. The highest BCUT2D eigenvalue weighted by Crippen LogP contribution is 2.38. The van der Waals surface area contributed by atoms with E-state index in [0.29, 0.717) is 29.3 Å². The Morgan fingerprint density at radius 2 is 1.87 bits per heavy atom. The zero-order valence-electron chi connectivity index (χ0n) is 13.0. The lowest BCUT2D eigenvalue weighted by Gasteiger charge is -2.33. The maximum absolute atomic E-state index is 12.5. The fourth-order valence-corrected chi connectivity index (χ4v) is 2.51. The Balaban J connectivity index is 1.97. The number of carbonyl (C=O) groups excluding carboxylic acids is 2. The van der Waals surface area contributed by atoms with Crippen LogP contribution in [0, 0.1) is 0 Å². The number of hydrogen-bond donors (Lipinski definition) is 0. The first-order chi connectivity index (χ1) is 11.1. The van der Waals surface area contributed by atoms with Crippen LogP contribution in [0.5, 0.6) is 5.75 Å². The Labute approximate surface area is 134 Å². The lowest BCUT2D eigenvalue weighted by Crippen LogP contribution is -2.41. The van der Waals surface area contributed by atoms with E-state index in [0.717, 1.165) is 0 Å². The highest BCUT2D eigenvalue weighted by Gasteiger charge is 2.32. The summed E-state index contributed by atoms with van der Waals surface area (Å²) in [5.74, 6) is 0.141. The zero-order valence-corrected chi connectivity index (χ0v) is 13.0. The molecule has 1 amide bonds. The van der Waals surface area contributed by atoms with E-state index in [1.165, 1.54) is 0 Å². The number of carbonyl (C=O) groups is 2. The lowest BCUT2D eigenvalue weighted by atomic mass is 10.1. The molecule has 3 rings (SSSR count). The van der Waals surface area contributed by atoms with Crippen molar-refractivity contribution in [3.05, 3.63) is 54.1 Å². The number of fused-ring (bicyclic) bond motifs is 1. The van der Waals surface area contributed by atoms with E-state index in [2.05, 4.69) is 0 Å². The van der Waals surface area contributed by atoms with Gasteiger partial charge in [-0.25, -0.2) is 4.79 Å². The van der Waals surface area contributed by atoms with Crippen LogP contribution in [-0.4, -0.2) is 24.6 Å². The van der Waals surface area contributed by atoms with Gasteiger partial charge < -0.3 is 9.47 Å². The molecule has 2 aromatic carbocycles. The molecule has 0 spiro atoms. The van der Waals surface area contributed by atoms with E-state index < -0.39 is 6.10 Å². The minimum absolute atomic E-state index is 0.146. The van der Waals surface area contributed by atoms with Gasteiger partial charge in [0.1, 0.15) is 5.75 Å². The van der Waals surface area contributed by atoms with Gasteiger partial charge in [0, 0.05) is 5.69 Å². The van der Waals surface area contributed by atoms with Crippen LogP contribution in [0.2, 0.25) is 0 Å². The summed E-state index contributed by atoms with van der Waals surface area (Å²) in [5.41, 5.74) is 1.84. The minimum Gasteiger partial charge on any atom is -0.479 e. The Bertz CT molecular complexity index is 739. The molecule has 1 unspecified atom stereocenters. The number of rotatable bonds is 3. The van der Waals surface area contributed by atoms with Crippen LogP contribution in [-0.2, 0) is 9.53 Å². The first-order valence-electron chi connectivity index (χ1n) is 7.48. The summed E-state index contributed by atoms with van der Waals surface area (Å²) in [4.78, 5) is 25.9. The molecular weight excluding hydrogens is 294 g/mol. The van der Waals surface area contributed by atoms with Crippen molar-refractivity contribution in [2.75, 3.05) is 11.5 Å². The summed E-state index contributed by atoms with van der Waals surface area (Å²) in [6.07, 6.45) is -0.561. The number of hydrogen-bond acceptors (Lipinski definition) is 4. The van der Waals surface area contributed by atoms with Gasteiger partial charge in [-0.3, -0.25) is 9.69 Å². The third-order valence-corrected chi connectivity index (χ3v) is 3.61. The fourth-order valence-electron chi connectivity index (χ4n) is 2.51. The van der Waals surface area contributed by atoms with E-state index >= 15 is 0 Å². The molecule has 1 aliphatic heterocycles. The van der Waals surface area contributed by atoms with E-state index in [-0.39, 0.29) is 11.9 Å². The summed E-state index contributed by atoms with van der Waals surface area (Å²) in [6, 6.07) is 14.2. The molecule has 1 aliphatic rings. The predicted octanol–water partition coefficient (Wildman–Crippen LogP) is 3.31. The molecule has 23 heavy (non-hydrogen) atoms. The van der Waals surface area contributed by atoms with Gasteiger partial charge in [0.2, 0.25) is 0 Å².